The average Bonchev–Trinajstić information content (AvgIpc) is 3.82. The molecule has 1 amide bonds. The van der Waals surface area contributed by atoms with Gasteiger partial charge in [0.25, 0.3) is 0 Å². The molecule has 9 heteroatoms. The largest absolute Gasteiger partial charge is 0.444 e. The van der Waals surface area contributed by atoms with Crippen LogP contribution in [0.25, 0.3) is 44.7 Å². The van der Waals surface area contributed by atoms with E-state index in [0.29, 0.717) is 18.2 Å². The molecule has 2 fully saturated rings. The number of hydrogen-bond donors (Lipinski definition) is 2. The summed E-state index contributed by atoms with van der Waals surface area (Å²) in [5.74, 6) is 2.43. The standard InChI is InChI=1S/C34H37N7O2/c1-34(2,3)43-33(42)41-14-6-9-30(41)32-38-20-29(40-32)28-19-35-26(17-36-28)24-12-10-23-16-25(13-11-22(23)15-24)27-18-37-31(39-27)21-7-4-5-8-21/h10-13,15-21,30H,4-9,14H2,1-3H3,(H,37,39)(H,38,40)/t30-/m0/s1. The van der Waals surface area contributed by atoms with Crippen molar-refractivity contribution >= 4 is 16.9 Å². The SMILES string of the molecule is CC(C)(C)OC(=O)N1CCC[C@H]1c1ncc(-c2cnc(-c3ccc4cc(-c5cnc(C6CCCC6)[nH]5)ccc4c3)cn2)[nH]1. The van der Waals surface area contributed by atoms with Crippen LogP contribution in [0.2, 0.25) is 0 Å². The summed E-state index contributed by atoms with van der Waals surface area (Å²) in [5, 5.41) is 2.31. The number of aromatic amines is 2. The molecule has 1 atom stereocenters. The third kappa shape index (κ3) is 5.63. The molecule has 2 aliphatic rings. The van der Waals surface area contributed by atoms with Crippen molar-refractivity contribution in [3.63, 3.8) is 0 Å². The van der Waals surface area contributed by atoms with Crippen molar-refractivity contribution in [2.75, 3.05) is 6.54 Å². The molecule has 1 saturated heterocycles. The van der Waals surface area contributed by atoms with Gasteiger partial charge in [-0.25, -0.2) is 14.8 Å². The van der Waals surface area contributed by atoms with Gasteiger partial charge in [0.05, 0.1) is 47.9 Å². The molecule has 1 aliphatic heterocycles. The first kappa shape index (κ1) is 27.3. The zero-order chi connectivity index (χ0) is 29.6. The Labute approximate surface area is 251 Å². The zero-order valence-electron chi connectivity index (χ0n) is 24.9. The summed E-state index contributed by atoms with van der Waals surface area (Å²) in [6.45, 7) is 6.29. The highest BCUT2D eigenvalue weighted by molar-refractivity contribution is 5.90. The number of aromatic nitrogens is 6. The molecule has 1 saturated carbocycles. The summed E-state index contributed by atoms with van der Waals surface area (Å²) < 4.78 is 5.61. The third-order valence-corrected chi connectivity index (χ3v) is 8.50. The molecule has 7 rings (SSSR count). The van der Waals surface area contributed by atoms with Gasteiger partial charge in [-0.05, 0) is 69.4 Å². The van der Waals surface area contributed by atoms with Crippen LogP contribution >= 0.6 is 0 Å². The Hall–Kier alpha value is -4.53. The quantitative estimate of drug-likeness (QED) is 0.221. The molecule has 220 valence electrons. The molecule has 0 spiro atoms. The lowest BCUT2D eigenvalue weighted by Gasteiger charge is -2.27. The maximum atomic E-state index is 12.7. The Morgan fingerprint density at radius 3 is 2.16 bits per heavy atom. The Kier molecular flexibility index (Phi) is 6.95. The van der Waals surface area contributed by atoms with Crippen LogP contribution in [0.5, 0.6) is 0 Å². The van der Waals surface area contributed by atoms with Gasteiger partial charge in [-0.3, -0.25) is 14.9 Å². The molecule has 1 aliphatic carbocycles. The monoisotopic (exact) mass is 575 g/mol. The maximum Gasteiger partial charge on any atom is 0.410 e. The summed E-state index contributed by atoms with van der Waals surface area (Å²) in [6, 6.07) is 12.8. The highest BCUT2D eigenvalue weighted by Crippen LogP contribution is 2.35. The fraction of sp³-hybridized carbons (Fsp3) is 0.382. The van der Waals surface area contributed by atoms with E-state index in [0.717, 1.165) is 58.1 Å². The van der Waals surface area contributed by atoms with Gasteiger partial charge in [0, 0.05) is 23.6 Å². The first-order valence-corrected chi connectivity index (χ1v) is 15.3. The normalized spacial score (nSPS) is 17.7. The molecular formula is C34H37N7O2. The molecule has 9 nitrogen and oxygen atoms in total. The van der Waals surface area contributed by atoms with Crippen molar-refractivity contribution in [3.8, 4) is 33.9 Å². The number of amides is 1. The number of H-pyrrole nitrogens is 2. The second-order valence-electron chi connectivity index (χ2n) is 12.7. The number of hydrogen-bond acceptors (Lipinski definition) is 6. The van der Waals surface area contributed by atoms with E-state index in [2.05, 4.69) is 61.3 Å². The minimum absolute atomic E-state index is 0.142. The smallest absolute Gasteiger partial charge is 0.410 e. The lowest BCUT2D eigenvalue weighted by atomic mass is 10.0. The fourth-order valence-electron chi connectivity index (χ4n) is 6.31. The second-order valence-corrected chi connectivity index (χ2v) is 12.7. The van der Waals surface area contributed by atoms with Gasteiger partial charge in [-0.2, -0.15) is 0 Å². The van der Waals surface area contributed by atoms with Gasteiger partial charge in [-0.15, -0.1) is 0 Å². The molecule has 0 radical (unpaired) electrons. The van der Waals surface area contributed by atoms with E-state index in [1.54, 1.807) is 23.5 Å². The average molecular weight is 576 g/mol. The van der Waals surface area contributed by atoms with Crippen molar-refractivity contribution in [1.82, 2.24) is 34.8 Å². The Morgan fingerprint density at radius 2 is 1.42 bits per heavy atom. The topological polar surface area (TPSA) is 113 Å². The maximum absolute atomic E-state index is 12.7. The number of benzene rings is 2. The summed E-state index contributed by atoms with van der Waals surface area (Å²) in [7, 11) is 0. The first-order valence-electron chi connectivity index (χ1n) is 15.3. The Morgan fingerprint density at radius 1 is 0.767 bits per heavy atom. The lowest BCUT2D eigenvalue weighted by molar-refractivity contribution is 0.0218. The van der Waals surface area contributed by atoms with Crippen LogP contribution in [-0.4, -0.2) is 53.0 Å². The molecule has 43 heavy (non-hydrogen) atoms. The van der Waals surface area contributed by atoms with E-state index in [9.17, 15) is 4.79 Å². The molecule has 0 unspecified atom stereocenters. The van der Waals surface area contributed by atoms with Crippen molar-refractivity contribution in [2.45, 2.75) is 76.9 Å². The Bertz CT molecular complexity index is 1760. The third-order valence-electron chi connectivity index (χ3n) is 8.50. The highest BCUT2D eigenvalue weighted by Gasteiger charge is 2.35. The van der Waals surface area contributed by atoms with Crippen molar-refractivity contribution in [2.24, 2.45) is 0 Å². The number of nitrogens with one attached hydrogen (secondary N) is 2. The number of carbonyl (C=O) groups is 1. The number of ether oxygens (including phenoxy) is 1. The molecule has 2 aromatic carbocycles. The first-order chi connectivity index (χ1) is 20.8. The van der Waals surface area contributed by atoms with E-state index >= 15 is 0 Å². The van der Waals surface area contributed by atoms with Crippen molar-refractivity contribution in [3.05, 3.63) is 72.8 Å². The lowest BCUT2D eigenvalue weighted by Crippen LogP contribution is -2.36. The van der Waals surface area contributed by atoms with Crippen LogP contribution < -0.4 is 0 Å². The van der Waals surface area contributed by atoms with Crippen LogP contribution in [0.15, 0.2) is 61.2 Å². The van der Waals surface area contributed by atoms with Gasteiger partial charge >= 0.3 is 6.09 Å². The van der Waals surface area contributed by atoms with Crippen LogP contribution in [0.1, 0.15) is 82.9 Å². The Balaban J connectivity index is 1.06. The molecule has 0 bridgehead atoms. The van der Waals surface area contributed by atoms with Crippen LogP contribution in [0.4, 0.5) is 4.79 Å². The van der Waals surface area contributed by atoms with Gasteiger partial charge in [0.1, 0.15) is 22.9 Å². The molecule has 2 N–H and O–H groups in total. The molecule has 4 heterocycles. The highest BCUT2D eigenvalue weighted by atomic mass is 16.6. The van der Waals surface area contributed by atoms with E-state index in [1.807, 2.05) is 27.0 Å². The van der Waals surface area contributed by atoms with Gasteiger partial charge in [0.15, 0.2) is 0 Å². The number of likely N-dealkylation sites (tertiary alicyclic amines) is 1. The van der Waals surface area contributed by atoms with Crippen LogP contribution in [-0.2, 0) is 4.74 Å². The molecule has 5 aromatic rings. The van der Waals surface area contributed by atoms with Gasteiger partial charge < -0.3 is 14.7 Å². The predicted molar refractivity (Wildman–Crippen MR) is 166 cm³/mol. The van der Waals surface area contributed by atoms with E-state index in [1.165, 1.54) is 31.1 Å². The zero-order valence-corrected chi connectivity index (χ0v) is 24.9. The summed E-state index contributed by atoms with van der Waals surface area (Å²) in [5.41, 5.74) is 4.96. The summed E-state index contributed by atoms with van der Waals surface area (Å²) in [6.07, 6.45) is 13.8. The second kappa shape index (κ2) is 10.9. The molecule has 3 aromatic heterocycles. The van der Waals surface area contributed by atoms with Crippen LogP contribution in [0, 0.1) is 0 Å². The van der Waals surface area contributed by atoms with E-state index < -0.39 is 5.60 Å². The molecular weight excluding hydrogens is 538 g/mol. The summed E-state index contributed by atoms with van der Waals surface area (Å²) >= 11 is 0. The van der Waals surface area contributed by atoms with Crippen molar-refractivity contribution < 1.29 is 9.53 Å². The number of nitrogens with zero attached hydrogens (tertiary/aromatic N) is 5. The number of fused-ring (bicyclic) bond motifs is 1. The fourth-order valence-corrected chi connectivity index (χ4v) is 6.31. The van der Waals surface area contributed by atoms with E-state index in [-0.39, 0.29) is 12.1 Å². The van der Waals surface area contributed by atoms with Crippen molar-refractivity contribution in [1.29, 1.82) is 0 Å². The van der Waals surface area contributed by atoms with Crippen LogP contribution in [0.3, 0.4) is 0 Å². The number of carbonyl (C=O) groups excluding carboxylic acids is 1. The van der Waals surface area contributed by atoms with Gasteiger partial charge in [-0.1, -0.05) is 37.1 Å². The van der Waals surface area contributed by atoms with Gasteiger partial charge in [0.2, 0.25) is 0 Å². The minimum atomic E-state index is -0.539. The number of rotatable bonds is 5. The predicted octanol–water partition coefficient (Wildman–Crippen LogP) is 7.81. The van der Waals surface area contributed by atoms with E-state index in [4.69, 9.17) is 9.72 Å². The summed E-state index contributed by atoms with van der Waals surface area (Å²) in [4.78, 5) is 40.1. The minimum Gasteiger partial charge on any atom is -0.444 e. The number of imidazole rings is 2.